The van der Waals surface area contributed by atoms with Crippen molar-refractivity contribution in [1.29, 1.82) is 0 Å². The minimum absolute atomic E-state index is 0.365. The highest BCUT2D eigenvalue weighted by atomic mass is 14.7. The molecular formula is C14H32N4. The van der Waals surface area contributed by atoms with Crippen LogP contribution in [0, 0.1) is 11.8 Å². The monoisotopic (exact) mass is 256 g/mol. The average molecular weight is 256 g/mol. The van der Waals surface area contributed by atoms with Crippen LogP contribution >= 0.6 is 0 Å². The summed E-state index contributed by atoms with van der Waals surface area (Å²) in [5, 5.41) is 0. The highest BCUT2D eigenvalue weighted by Crippen LogP contribution is 2.21. The molecule has 18 heavy (non-hydrogen) atoms. The summed E-state index contributed by atoms with van der Waals surface area (Å²) in [7, 11) is 0. The third-order valence-electron chi connectivity index (χ3n) is 4.29. The highest BCUT2D eigenvalue weighted by Gasteiger charge is 2.21. The van der Waals surface area contributed by atoms with Crippen molar-refractivity contribution in [3.8, 4) is 0 Å². The summed E-state index contributed by atoms with van der Waals surface area (Å²) in [6.45, 7) is 3.00. The fraction of sp³-hybridized carbons (Fsp3) is 1.00. The van der Waals surface area contributed by atoms with Crippen LogP contribution in [0.4, 0.5) is 0 Å². The van der Waals surface area contributed by atoms with Crippen LogP contribution in [0.1, 0.15) is 51.9 Å². The Morgan fingerprint density at radius 1 is 0.889 bits per heavy atom. The molecule has 0 saturated heterocycles. The normalized spacial score (nSPS) is 40.8. The summed E-state index contributed by atoms with van der Waals surface area (Å²) in [6.07, 6.45) is 8.40. The van der Waals surface area contributed by atoms with Crippen LogP contribution < -0.4 is 22.9 Å². The first-order valence-electron chi connectivity index (χ1n) is 7.49. The molecule has 0 aromatic rings. The standard InChI is InChI=1S/2C7H16N2/c1-5-2-6(8)4-7(9)3-5;8-5-6-3-1-2-4-7(6)9/h5-7H,2-4,8-9H2,1H3;6-7H,1-5,8-9H2. The highest BCUT2D eigenvalue weighted by molar-refractivity contribution is 4.80. The van der Waals surface area contributed by atoms with Crippen LogP contribution in [-0.2, 0) is 0 Å². The van der Waals surface area contributed by atoms with Crippen LogP contribution in [0.15, 0.2) is 0 Å². The van der Waals surface area contributed by atoms with E-state index in [4.69, 9.17) is 22.9 Å². The molecule has 0 aliphatic heterocycles. The minimum Gasteiger partial charge on any atom is -0.330 e. The van der Waals surface area contributed by atoms with Gasteiger partial charge in [0.05, 0.1) is 0 Å². The van der Waals surface area contributed by atoms with Crippen molar-refractivity contribution in [3.05, 3.63) is 0 Å². The van der Waals surface area contributed by atoms with E-state index in [0.717, 1.165) is 31.7 Å². The fourth-order valence-corrected chi connectivity index (χ4v) is 3.24. The molecule has 0 aromatic heterocycles. The van der Waals surface area contributed by atoms with Crippen molar-refractivity contribution in [3.63, 3.8) is 0 Å². The zero-order valence-electron chi connectivity index (χ0n) is 11.9. The lowest BCUT2D eigenvalue weighted by molar-refractivity contribution is 0.309. The maximum atomic E-state index is 5.81. The number of hydrogen-bond acceptors (Lipinski definition) is 4. The largest absolute Gasteiger partial charge is 0.330 e. The van der Waals surface area contributed by atoms with Gasteiger partial charge in [-0.2, -0.15) is 0 Å². The van der Waals surface area contributed by atoms with E-state index in [1.54, 1.807) is 0 Å². The molecule has 0 heterocycles. The van der Waals surface area contributed by atoms with Gasteiger partial charge in [-0.05, 0) is 50.5 Å². The third kappa shape index (κ3) is 5.65. The van der Waals surface area contributed by atoms with E-state index < -0.39 is 0 Å². The Morgan fingerprint density at radius 2 is 1.44 bits per heavy atom. The van der Waals surface area contributed by atoms with Crippen LogP contribution in [0.5, 0.6) is 0 Å². The van der Waals surface area contributed by atoms with Crippen molar-refractivity contribution in [1.82, 2.24) is 0 Å². The van der Waals surface area contributed by atoms with Gasteiger partial charge >= 0.3 is 0 Å². The lowest BCUT2D eigenvalue weighted by atomic mass is 9.84. The molecule has 0 spiro atoms. The molecule has 108 valence electrons. The van der Waals surface area contributed by atoms with E-state index in [9.17, 15) is 0 Å². The Labute approximate surface area is 112 Å². The summed E-state index contributed by atoms with van der Waals surface area (Å²) in [5.41, 5.74) is 22.8. The van der Waals surface area contributed by atoms with E-state index in [0.29, 0.717) is 24.0 Å². The number of rotatable bonds is 1. The lowest BCUT2D eigenvalue weighted by Crippen LogP contribution is -2.38. The number of hydrogen-bond donors (Lipinski definition) is 4. The Kier molecular flexibility index (Phi) is 7.15. The number of nitrogens with two attached hydrogens (primary N) is 4. The Balaban J connectivity index is 0.000000180. The second kappa shape index (κ2) is 8.10. The van der Waals surface area contributed by atoms with Crippen molar-refractivity contribution >= 4 is 0 Å². The quantitative estimate of drug-likeness (QED) is 0.560. The third-order valence-corrected chi connectivity index (χ3v) is 4.29. The van der Waals surface area contributed by atoms with Gasteiger partial charge < -0.3 is 22.9 Å². The molecule has 2 aliphatic carbocycles. The zero-order chi connectivity index (χ0) is 13.5. The minimum atomic E-state index is 0.365. The van der Waals surface area contributed by atoms with Gasteiger partial charge in [0.15, 0.2) is 0 Å². The molecule has 2 saturated carbocycles. The molecule has 2 rings (SSSR count). The molecule has 2 fully saturated rings. The van der Waals surface area contributed by atoms with Gasteiger partial charge in [0.1, 0.15) is 0 Å². The summed E-state index contributed by atoms with van der Waals surface area (Å²) in [5.74, 6) is 1.35. The predicted molar refractivity (Wildman–Crippen MR) is 78.0 cm³/mol. The molecule has 0 radical (unpaired) electrons. The second-order valence-corrected chi connectivity index (χ2v) is 6.28. The Morgan fingerprint density at radius 3 is 1.83 bits per heavy atom. The van der Waals surface area contributed by atoms with Gasteiger partial charge in [0, 0.05) is 18.1 Å². The van der Waals surface area contributed by atoms with E-state index in [-0.39, 0.29) is 0 Å². The van der Waals surface area contributed by atoms with Crippen LogP contribution in [-0.4, -0.2) is 24.7 Å². The molecule has 8 N–H and O–H groups in total. The molecule has 4 nitrogen and oxygen atoms in total. The van der Waals surface area contributed by atoms with Crippen molar-refractivity contribution in [2.75, 3.05) is 6.54 Å². The fourth-order valence-electron chi connectivity index (χ4n) is 3.24. The predicted octanol–water partition coefficient (Wildman–Crippen LogP) is 0.924. The lowest BCUT2D eigenvalue weighted by Gasteiger charge is -2.28. The first kappa shape index (κ1) is 15.9. The topological polar surface area (TPSA) is 104 Å². The van der Waals surface area contributed by atoms with Crippen LogP contribution in [0.25, 0.3) is 0 Å². The van der Waals surface area contributed by atoms with Crippen molar-refractivity contribution in [2.45, 2.75) is 70.0 Å². The van der Waals surface area contributed by atoms with Crippen LogP contribution in [0.2, 0.25) is 0 Å². The summed E-state index contributed by atoms with van der Waals surface area (Å²) in [6, 6.07) is 1.12. The van der Waals surface area contributed by atoms with Gasteiger partial charge in [-0.15, -0.1) is 0 Å². The van der Waals surface area contributed by atoms with Gasteiger partial charge in [-0.3, -0.25) is 0 Å². The Bertz CT molecular complexity index is 197. The molecule has 4 heteroatoms. The van der Waals surface area contributed by atoms with Gasteiger partial charge in [-0.1, -0.05) is 19.8 Å². The van der Waals surface area contributed by atoms with Gasteiger partial charge in [-0.25, -0.2) is 0 Å². The Hall–Kier alpha value is -0.160. The summed E-state index contributed by atoms with van der Waals surface area (Å²) >= 11 is 0. The van der Waals surface area contributed by atoms with E-state index in [1.165, 1.54) is 25.7 Å². The summed E-state index contributed by atoms with van der Waals surface area (Å²) in [4.78, 5) is 0. The molecule has 0 aromatic carbocycles. The van der Waals surface area contributed by atoms with Crippen LogP contribution in [0.3, 0.4) is 0 Å². The SMILES string of the molecule is CC1CC(N)CC(N)C1.NCC1CCCCC1N. The summed E-state index contributed by atoms with van der Waals surface area (Å²) < 4.78 is 0. The maximum Gasteiger partial charge on any atom is 0.00792 e. The zero-order valence-corrected chi connectivity index (χ0v) is 11.9. The first-order chi connectivity index (χ1) is 8.52. The molecule has 4 atom stereocenters. The molecular weight excluding hydrogens is 224 g/mol. The van der Waals surface area contributed by atoms with E-state index in [2.05, 4.69) is 6.92 Å². The van der Waals surface area contributed by atoms with Gasteiger partial charge in [0.25, 0.3) is 0 Å². The van der Waals surface area contributed by atoms with E-state index in [1.807, 2.05) is 0 Å². The molecule has 2 aliphatic rings. The molecule has 4 unspecified atom stereocenters. The second-order valence-electron chi connectivity index (χ2n) is 6.28. The van der Waals surface area contributed by atoms with Gasteiger partial charge in [0.2, 0.25) is 0 Å². The molecule has 0 bridgehead atoms. The smallest absolute Gasteiger partial charge is 0.00792 e. The average Bonchev–Trinajstić information content (AvgIpc) is 2.28. The van der Waals surface area contributed by atoms with Crippen molar-refractivity contribution < 1.29 is 0 Å². The van der Waals surface area contributed by atoms with Crippen molar-refractivity contribution in [2.24, 2.45) is 34.8 Å². The first-order valence-corrected chi connectivity index (χ1v) is 7.49. The van der Waals surface area contributed by atoms with E-state index >= 15 is 0 Å². The molecule has 0 amide bonds. The maximum absolute atomic E-state index is 5.81.